The third-order valence-corrected chi connectivity index (χ3v) is 9.93. The Morgan fingerprint density at radius 2 is 0.939 bits per heavy atom. The van der Waals surface area contributed by atoms with Crippen LogP contribution in [0.5, 0.6) is 0 Å². The standard InChI is InChI=1S/C43H32F3N3/c1-24-19-20-29(31(21-24)43(44,45)46)30-22-38(49-35-17-9-13-27(4)41(35)42-28(5)14-10-18-36(42)49)32(47-6)23-37(30)48-33-15-7-11-25(2)39(33)40-26(3)12-8-16-34(40)48/h7-23H,1-5H3. The fourth-order valence-corrected chi connectivity index (χ4v) is 7.80. The molecule has 0 aliphatic carbocycles. The highest BCUT2D eigenvalue weighted by molar-refractivity contribution is 6.14. The van der Waals surface area contributed by atoms with Gasteiger partial charge in [0.15, 0.2) is 0 Å². The van der Waals surface area contributed by atoms with Crippen LogP contribution in [0.25, 0.3) is 71.0 Å². The molecular formula is C43H32F3N3. The van der Waals surface area contributed by atoms with E-state index in [1.807, 2.05) is 57.7 Å². The average molecular weight is 648 g/mol. The van der Waals surface area contributed by atoms with E-state index in [-0.39, 0.29) is 5.56 Å². The number of alkyl halides is 3. The van der Waals surface area contributed by atoms with Crippen molar-refractivity contribution in [2.75, 3.05) is 0 Å². The number of halogens is 3. The number of aryl methyl sites for hydroxylation is 5. The molecule has 0 N–H and O–H groups in total. The van der Waals surface area contributed by atoms with Crippen LogP contribution >= 0.6 is 0 Å². The van der Waals surface area contributed by atoms with E-state index in [1.165, 1.54) is 6.07 Å². The van der Waals surface area contributed by atoms with Gasteiger partial charge in [0, 0.05) is 32.8 Å². The van der Waals surface area contributed by atoms with Gasteiger partial charge in [-0.05, 0) is 105 Å². The minimum Gasteiger partial charge on any atom is -0.319 e. The summed E-state index contributed by atoms with van der Waals surface area (Å²) in [5, 5.41) is 4.22. The molecule has 0 atom stereocenters. The van der Waals surface area contributed by atoms with Gasteiger partial charge in [0.25, 0.3) is 0 Å². The number of rotatable bonds is 3. The third kappa shape index (κ3) is 4.49. The maximum absolute atomic E-state index is 15.0. The molecule has 0 saturated heterocycles. The number of fused-ring (bicyclic) bond motifs is 6. The minimum absolute atomic E-state index is 0.0642. The molecule has 6 heteroatoms. The number of nitrogens with zero attached hydrogens (tertiary/aromatic N) is 3. The Kier molecular flexibility index (Phi) is 6.77. The topological polar surface area (TPSA) is 14.2 Å². The summed E-state index contributed by atoms with van der Waals surface area (Å²) >= 11 is 0. The highest BCUT2D eigenvalue weighted by Crippen LogP contribution is 2.47. The molecule has 0 unspecified atom stereocenters. The van der Waals surface area contributed by atoms with Gasteiger partial charge in [-0.1, -0.05) is 66.2 Å². The largest absolute Gasteiger partial charge is 0.417 e. The van der Waals surface area contributed by atoms with Gasteiger partial charge < -0.3 is 9.13 Å². The van der Waals surface area contributed by atoms with Crippen LogP contribution in [0.2, 0.25) is 0 Å². The van der Waals surface area contributed by atoms with Crippen LogP contribution in [-0.2, 0) is 6.18 Å². The van der Waals surface area contributed by atoms with Crippen molar-refractivity contribution in [3.63, 3.8) is 0 Å². The van der Waals surface area contributed by atoms with Gasteiger partial charge in [-0.2, -0.15) is 13.2 Å². The maximum atomic E-state index is 15.0. The first-order valence-corrected chi connectivity index (χ1v) is 16.2. The number of hydrogen-bond acceptors (Lipinski definition) is 0. The fraction of sp³-hybridized carbons (Fsp3) is 0.140. The molecule has 8 aromatic rings. The molecule has 0 saturated carbocycles. The van der Waals surface area contributed by atoms with E-state index >= 15 is 0 Å². The van der Waals surface area contributed by atoms with E-state index < -0.39 is 11.7 Å². The summed E-state index contributed by atoms with van der Waals surface area (Å²) < 4.78 is 49.0. The van der Waals surface area contributed by atoms with E-state index in [0.29, 0.717) is 28.2 Å². The van der Waals surface area contributed by atoms with E-state index in [2.05, 4.69) is 56.8 Å². The lowest BCUT2D eigenvalue weighted by molar-refractivity contribution is -0.137. The van der Waals surface area contributed by atoms with Crippen LogP contribution in [0, 0.1) is 41.2 Å². The number of aromatic nitrogens is 2. The lowest BCUT2D eigenvalue weighted by atomic mass is 9.94. The molecule has 6 aromatic carbocycles. The summed E-state index contributed by atoms with van der Waals surface area (Å²) in [5.41, 5.74) is 9.53. The van der Waals surface area contributed by atoms with Crippen molar-refractivity contribution in [1.29, 1.82) is 0 Å². The molecular weight excluding hydrogens is 615 g/mol. The molecule has 0 spiro atoms. The second-order valence-electron chi connectivity index (χ2n) is 13.1. The van der Waals surface area contributed by atoms with Crippen LogP contribution < -0.4 is 0 Å². The summed E-state index contributed by atoms with van der Waals surface area (Å²) in [4.78, 5) is 4.06. The molecule has 0 aliphatic rings. The number of hydrogen-bond donors (Lipinski definition) is 0. The summed E-state index contributed by atoms with van der Waals surface area (Å²) in [6.45, 7) is 18.4. The Morgan fingerprint density at radius 3 is 1.35 bits per heavy atom. The van der Waals surface area contributed by atoms with Crippen molar-refractivity contribution >= 4 is 49.3 Å². The predicted molar refractivity (Wildman–Crippen MR) is 196 cm³/mol. The van der Waals surface area contributed by atoms with Crippen LogP contribution in [0.3, 0.4) is 0 Å². The zero-order valence-electron chi connectivity index (χ0n) is 27.8. The average Bonchev–Trinajstić information content (AvgIpc) is 3.60. The molecule has 2 heterocycles. The number of benzene rings is 6. The lowest BCUT2D eigenvalue weighted by Gasteiger charge is -2.21. The van der Waals surface area contributed by atoms with Crippen molar-refractivity contribution < 1.29 is 13.2 Å². The zero-order valence-corrected chi connectivity index (χ0v) is 27.8. The van der Waals surface area contributed by atoms with Crippen LogP contribution in [-0.4, -0.2) is 9.13 Å². The van der Waals surface area contributed by atoms with Crippen molar-refractivity contribution in [2.45, 2.75) is 40.8 Å². The van der Waals surface area contributed by atoms with Gasteiger partial charge in [-0.15, -0.1) is 0 Å². The molecule has 0 bridgehead atoms. The zero-order chi connectivity index (χ0) is 34.4. The first kappa shape index (κ1) is 30.5. The quantitative estimate of drug-likeness (QED) is 0.170. The first-order chi connectivity index (χ1) is 23.5. The van der Waals surface area contributed by atoms with Gasteiger partial charge in [0.1, 0.15) is 0 Å². The molecule has 0 fully saturated rings. The van der Waals surface area contributed by atoms with Crippen molar-refractivity contribution in [1.82, 2.24) is 9.13 Å². The molecule has 3 nitrogen and oxygen atoms in total. The summed E-state index contributed by atoms with van der Waals surface area (Å²) in [5.74, 6) is 0. The monoisotopic (exact) mass is 647 g/mol. The van der Waals surface area contributed by atoms with Gasteiger partial charge in [0.05, 0.1) is 39.9 Å². The minimum atomic E-state index is -4.60. The Labute approximate surface area is 282 Å². The Hall–Kier alpha value is -5.80. The summed E-state index contributed by atoms with van der Waals surface area (Å²) in [6, 6.07) is 32.3. The second-order valence-corrected chi connectivity index (χ2v) is 13.1. The van der Waals surface area contributed by atoms with E-state index in [0.717, 1.165) is 65.9 Å². The molecule has 0 radical (unpaired) electrons. The highest BCUT2D eigenvalue weighted by atomic mass is 19.4. The van der Waals surface area contributed by atoms with Gasteiger partial charge in [0.2, 0.25) is 5.69 Å². The van der Waals surface area contributed by atoms with Crippen molar-refractivity contribution in [3.8, 4) is 22.5 Å². The normalized spacial score (nSPS) is 12.1. The molecule has 8 rings (SSSR count). The smallest absolute Gasteiger partial charge is 0.319 e. The van der Waals surface area contributed by atoms with Crippen LogP contribution in [0.1, 0.15) is 33.4 Å². The van der Waals surface area contributed by atoms with E-state index in [4.69, 9.17) is 6.57 Å². The Morgan fingerprint density at radius 1 is 0.510 bits per heavy atom. The second kappa shape index (κ2) is 10.9. The fourth-order valence-electron chi connectivity index (χ4n) is 7.80. The summed E-state index contributed by atoms with van der Waals surface area (Å²) in [6.07, 6.45) is -4.60. The third-order valence-electron chi connectivity index (χ3n) is 9.93. The molecule has 240 valence electrons. The molecule has 49 heavy (non-hydrogen) atoms. The summed E-state index contributed by atoms with van der Waals surface area (Å²) in [7, 11) is 0. The van der Waals surface area contributed by atoms with Crippen LogP contribution in [0.4, 0.5) is 18.9 Å². The van der Waals surface area contributed by atoms with Gasteiger partial charge >= 0.3 is 6.18 Å². The van der Waals surface area contributed by atoms with E-state index in [1.54, 1.807) is 31.2 Å². The molecule has 0 amide bonds. The van der Waals surface area contributed by atoms with Gasteiger partial charge in [-0.3, -0.25) is 0 Å². The molecule has 0 aliphatic heterocycles. The van der Waals surface area contributed by atoms with Crippen molar-refractivity contribution in [3.05, 3.63) is 148 Å². The Balaban J connectivity index is 1.59. The van der Waals surface area contributed by atoms with Gasteiger partial charge in [-0.25, -0.2) is 4.85 Å². The van der Waals surface area contributed by atoms with Crippen molar-refractivity contribution in [2.24, 2.45) is 0 Å². The van der Waals surface area contributed by atoms with Crippen LogP contribution in [0.15, 0.2) is 103 Å². The lowest BCUT2D eigenvalue weighted by Crippen LogP contribution is -2.09. The highest BCUT2D eigenvalue weighted by Gasteiger charge is 2.35. The van der Waals surface area contributed by atoms with E-state index in [9.17, 15) is 13.2 Å². The SMILES string of the molecule is [C-]#[N+]c1cc(-n2c3cccc(C)c3c3c(C)cccc32)c(-c2ccc(C)cc2C(F)(F)F)cc1-n1c2cccc(C)c2c2c(C)cccc21. The molecule has 2 aromatic heterocycles. The first-order valence-electron chi connectivity index (χ1n) is 16.2. The Bertz CT molecular complexity index is 2600. The predicted octanol–water partition coefficient (Wildman–Crippen LogP) is 12.7. The maximum Gasteiger partial charge on any atom is 0.417 e.